The Morgan fingerprint density at radius 1 is 1.32 bits per heavy atom. The maximum Gasteiger partial charge on any atom is 0.258 e. The van der Waals surface area contributed by atoms with Gasteiger partial charge in [-0.15, -0.1) is 0 Å². The quantitative estimate of drug-likeness (QED) is 0.905. The number of ether oxygens (including phenoxy) is 1. The maximum absolute atomic E-state index is 11.8. The Bertz CT molecular complexity index is 456. The lowest BCUT2D eigenvalue weighted by Gasteiger charge is -2.13. The zero-order valence-electron chi connectivity index (χ0n) is 12.0. The Balaban J connectivity index is 1.78. The average Bonchev–Trinajstić information content (AvgIpc) is 2.76. The highest BCUT2D eigenvalue weighted by Crippen LogP contribution is 2.24. The van der Waals surface area contributed by atoms with Crippen LogP contribution in [0.15, 0.2) is 18.2 Å². The van der Waals surface area contributed by atoms with Gasteiger partial charge in [-0.1, -0.05) is 13.0 Å². The summed E-state index contributed by atoms with van der Waals surface area (Å²) in [5.74, 6) is 1.47. The molecule has 1 aliphatic carbocycles. The largest absolute Gasteiger partial charge is 0.484 e. The Morgan fingerprint density at radius 2 is 2.11 bits per heavy atom. The molecule has 0 aromatic heterocycles. The first-order valence-electron chi connectivity index (χ1n) is 7.04. The van der Waals surface area contributed by atoms with Gasteiger partial charge in [0, 0.05) is 6.04 Å². The zero-order valence-corrected chi connectivity index (χ0v) is 12.0. The van der Waals surface area contributed by atoms with E-state index in [2.05, 4.69) is 19.2 Å². The van der Waals surface area contributed by atoms with Crippen molar-refractivity contribution in [3.05, 3.63) is 29.3 Å². The van der Waals surface area contributed by atoms with E-state index in [4.69, 9.17) is 4.74 Å². The molecule has 19 heavy (non-hydrogen) atoms. The first-order chi connectivity index (χ1) is 9.04. The van der Waals surface area contributed by atoms with E-state index in [1.54, 1.807) is 0 Å². The Morgan fingerprint density at radius 3 is 2.74 bits per heavy atom. The van der Waals surface area contributed by atoms with Crippen LogP contribution in [0.1, 0.15) is 37.3 Å². The van der Waals surface area contributed by atoms with Crippen LogP contribution >= 0.6 is 0 Å². The molecule has 1 aliphatic rings. The summed E-state index contributed by atoms with van der Waals surface area (Å²) >= 11 is 0. The first-order valence-corrected chi connectivity index (χ1v) is 7.04. The fraction of sp³-hybridized carbons (Fsp3) is 0.562. The van der Waals surface area contributed by atoms with E-state index < -0.39 is 0 Å². The minimum atomic E-state index is -0.0164. The molecule has 3 heteroatoms. The molecule has 1 saturated carbocycles. The van der Waals surface area contributed by atoms with Crippen molar-refractivity contribution < 1.29 is 9.53 Å². The van der Waals surface area contributed by atoms with Gasteiger partial charge < -0.3 is 10.1 Å². The molecular formula is C16H23NO2. The number of benzene rings is 1. The van der Waals surface area contributed by atoms with Gasteiger partial charge in [-0.2, -0.15) is 0 Å². The number of nitrogens with one attached hydrogen (secondary N) is 1. The molecule has 0 heterocycles. The molecule has 2 unspecified atom stereocenters. The molecule has 0 bridgehead atoms. The van der Waals surface area contributed by atoms with Gasteiger partial charge in [-0.05, 0) is 62.3 Å². The number of carbonyl (C=O) groups is 1. The summed E-state index contributed by atoms with van der Waals surface area (Å²) in [7, 11) is 0. The molecular weight excluding hydrogens is 238 g/mol. The van der Waals surface area contributed by atoms with E-state index in [1.807, 2.05) is 25.1 Å². The summed E-state index contributed by atoms with van der Waals surface area (Å²) in [4.78, 5) is 11.8. The molecule has 0 radical (unpaired) electrons. The predicted molar refractivity (Wildman–Crippen MR) is 76.4 cm³/mol. The highest BCUT2D eigenvalue weighted by molar-refractivity contribution is 5.77. The topological polar surface area (TPSA) is 38.3 Å². The van der Waals surface area contributed by atoms with Crippen molar-refractivity contribution >= 4 is 5.91 Å². The standard InChI is InChI=1S/C16H23NO2/c1-11-4-6-14(8-11)17-16(18)10-19-15-7-5-12(2)13(3)9-15/h5,7,9,11,14H,4,6,8,10H2,1-3H3,(H,17,18). The van der Waals surface area contributed by atoms with Gasteiger partial charge in [0.05, 0.1) is 0 Å². The third kappa shape index (κ3) is 3.98. The second-order valence-electron chi connectivity index (χ2n) is 5.72. The van der Waals surface area contributed by atoms with E-state index >= 15 is 0 Å². The maximum atomic E-state index is 11.8. The van der Waals surface area contributed by atoms with Crippen LogP contribution in [-0.2, 0) is 4.79 Å². The van der Waals surface area contributed by atoms with Gasteiger partial charge in [-0.3, -0.25) is 4.79 Å². The van der Waals surface area contributed by atoms with Crippen LogP contribution in [0, 0.1) is 19.8 Å². The van der Waals surface area contributed by atoms with Crippen LogP contribution in [0.2, 0.25) is 0 Å². The van der Waals surface area contributed by atoms with Gasteiger partial charge >= 0.3 is 0 Å². The summed E-state index contributed by atoms with van der Waals surface area (Å²) < 4.78 is 5.53. The lowest BCUT2D eigenvalue weighted by molar-refractivity contribution is -0.123. The number of amides is 1. The Kier molecular flexibility index (Phi) is 4.46. The molecule has 3 nitrogen and oxygen atoms in total. The van der Waals surface area contributed by atoms with Crippen molar-refractivity contribution in [3.63, 3.8) is 0 Å². The number of hydrogen-bond donors (Lipinski definition) is 1. The predicted octanol–water partition coefficient (Wildman–Crippen LogP) is 2.99. The molecule has 104 valence electrons. The van der Waals surface area contributed by atoms with Crippen LogP contribution in [0.25, 0.3) is 0 Å². The van der Waals surface area contributed by atoms with Gasteiger partial charge in [-0.25, -0.2) is 0 Å². The second kappa shape index (κ2) is 6.09. The van der Waals surface area contributed by atoms with Crippen molar-refractivity contribution in [2.75, 3.05) is 6.61 Å². The van der Waals surface area contributed by atoms with E-state index in [0.717, 1.165) is 24.5 Å². The molecule has 1 amide bonds. The minimum absolute atomic E-state index is 0.0164. The fourth-order valence-electron chi connectivity index (χ4n) is 2.56. The van der Waals surface area contributed by atoms with Crippen LogP contribution in [0.4, 0.5) is 0 Å². The van der Waals surface area contributed by atoms with E-state index in [9.17, 15) is 4.79 Å². The molecule has 0 saturated heterocycles. The van der Waals surface area contributed by atoms with Crippen molar-refractivity contribution in [2.45, 2.75) is 46.1 Å². The molecule has 1 N–H and O–H groups in total. The van der Waals surface area contributed by atoms with Crippen molar-refractivity contribution in [1.29, 1.82) is 0 Å². The number of carbonyl (C=O) groups excluding carboxylic acids is 1. The highest BCUT2D eigenvalue weighted by atomic mass is 16.5. The lowest BCUT2D eigenvalue weighted by atomic mass is 10.1. The summed E-state index contributed by atoms with van der Waals surface area (Å²) in [6.07, 6.45) is 3.40. The Hall–Kier alpha value is -1.51. The van der Waals surface area contributed by atoms with Crippen molar-refractivity contribution in [2.24, 2.45) is 5.92 Å². The smallest absolute Gasteiger partial charge is 0.258 e. The van der Waals surface area contributed by atoms with E-state index in [0.29, 0.717) is 6.04 Å². The van der Waals surface area contributed by atoms with Gasteiger partial charge in [0.25, 0.3) is 5.91 Å². The summed E-state index contributed by atoms with van der Waals surface area (Å²) in [5, 5.41) is 3.04. The lowest BCUT2D eigenvalue weighted by Crippen LogP contribution is -2.36. The van der Waals surface area contributed by atoms with E-state index in [-0.39, 0.29) is 12.5 Å². The molecule has 0 spiro atoms. The number of hydrogen-bond acceptors (Lipinski definition) is 2. The van der Waals surface area contributed by atoms with Gasteiger partial charge in [0.1, 0.15) is 5.75 Å². The van der Waals surface area contributed by atoms with E-state index in [1.165, 1.54) is 17.5 Å². The average molecular weight is 261 g/mol. The summed E-state index contributed by atoms with van der Waals surface area (Å²) in [6.45, 7) is 6.44. The van der Waals surface area contributed by atoms with Crippen LogP contribution in [0.3, 0.4) is 0 Å². The highest BCUT2D eigenvalue weighted by Gasteiger charge is 2.22. The van der Waals surface area contributed by atoms with Crippen molar-refractivity contribution in [3.8, 4) is 5.75 Å². The minimum Gasteiger partial charge on any atom is -0.484 e. The molecule has 1 aromatic rings. The third-order valence-corrected chi connectivity index (χ3v) is 3.91. The SMILES string of the molecule is Cc1ccc(OCC(=O)NC2CCC(C)C2)cc1C. The molecule has 1 aromatic carbocycles. The monoisotopic (exact) mass is 261 g/mol. The molecule has 2 atom stereocenters. The van der Waals surface area contributed by atoms with Crippen LogP contribution < -0.4 is 10.1 Å². The summed E-state index contributed by atoms with van der Waals surface area (Å²) in [5.41, 5.74) is 2.42. The number of rotatable bonds is 4. The van der Waals surface area contributed by atoms with Crippen molar-refractivity contribution in [1.82, 2.24) is 5.32 Å². The second-order valence-corrected chi connectivity index (χ2v) is 5.72. The fourth-order valence-corrected chi connectivity index (χ4v) is 2.56. The van der Waals surface area contributed by atoms with Crippen LogP contribution in [0.5, 0.6) is 5.75 Å². The molecule has 0 aliphatic heterocycles. The molecule has 2 rings (SSSR count). The normalized spacial score (nSPS) is 22.3. The third-order valence-electron chi connectivity index (χ3n) is 3.91. The molecule has 1 fully saturated rings. The summed E-state index contributed by atoms with van der Waals surface area (Å²) in [6, 6.07) is 6.24. The van der Waals surface area contributed by atoms with Gasteiger partial charge in [0.15, 0.2) is 6.61 Å². The van der Waals surface area contributed by atoms with Crippen LogP contribution in [-0.4, -0.2) is 18.6 Å². The number of aryl methyl sites for hydroxylation is 2. The zero-order chi connectivity index (χ0) is 13.8. The van der Waals surface area contributed by atoms with Gasteiger partial charge in [0.2, 0.25) is 0 Å². The first kappa shape index (κ1) is 13.9. The Labute approximate surface area is 115 Å².